The second-order valence-corrected chi connectivity index (χ2v) is 12.7. The van der Waals surface area contributed by atoms with E-state index in [1.807, 2.05) is 0 Å². The maximum absolute atomic E-state index is 14.3. The maximum Gasteiger partial charge on any atom is 0.251 e. The van der Waals surface area contributed by atoms with Gasteiger partial charge in [-0.15, -0.1) is 0 Å². The molecule has 0 saturated carbocycles. The molecule has 3 saturated heterocycles. The molecule has 0 unspecified atom stereocenters. The average Bonchev–Trinajstić information content (AvgIpc) is 2.83. The number of piperidine rings is 2. The van der Waals surface area contributed by atoms with Crippen LogP contribution < -0.4 is 0 Å². The highest BCUT2D eigenvalue weighted by molar-refractivity contribution is 7.89. The summed E-state index contributed by atoms with van der Waals surface area (Å²) in [4.78, 5) is 19.3. The van der Waals surface area contributed by atoms with E-state index in [1.54, 1.807) is 24.0 Å². The predicted octanol–water partition coefficient (Wildman–Crippen LogP) is 2.69. The summed E-state index contributed by atoms with van der Waals surface area (Å²) in [6, 6.07) is 4.10. The predicted molar refractivity (Wildman–Crippen MR) is 138 cm³/mol. The lowest BCUT2D eigenvalue weighted by Crippen LogP contribution is -2.53. The first kappa shape index (κ1) is 28.6. The summed E-state index contributed by atoms with van der Waals surface area (Å²) in [5.74, 6) is -3.21. The van der Waals surface area contributed by atoms with Crippen molar-refractivity contribution in [3.8, 4) is 0 Å². The van der Waals surface area contributed by atoms with Gasteiger partial charge in [-0.2, -0.15) is 4.31 Å². The summed E-state index contributed by atoms with van der Waals surface area (Å²) in [6.45, 7) is 6.17. The molecule has 208 valence electrons. The zero-order valence-corrected chi connectivity index (χ0v) is 23.1. The molecule has 0 radical (unpaired) electrons. The first-order chi connectivity index (χ1) is 17.5. The van der Waals surface area contributed by atoms with Gasteiger partial charge in [0.05, 0.1) is 17.7 Å². The number of nitrogens with zero attached hydrogens (tertiary/aromatic N) is 4. The molecule has 3 aliphatic rings. The van der Waals surface area contributed by atoms with Gasteiger partial charge in [-0.3, -0.25) is 9.69 Å². The number of alkyl halides is 2. The molecule has 1 aromatic rings. The van der Waals surface area contributed by atoms with E-state index in [2.05, 4.69) is 16.8 Å². The Hall–Kier alpha value is -1.37. The van der Waals surface area contributed by atoms with Crippen LogP contribution in [0.1, 0.15) is 31.2 Å². The van der Waals surface area contributed by atoms with E-state index in [4.69, 9.17) is 16.3 Å². The van der Waals surface area contributed by atoms with E-state index in [0.29, 0.717) is 24.7 Å². The number of hydrogen-bond donors (Lipinski definition) is 0. The number of aryl methyl sites for hydroxylation is 1. The van der Waals surface area contributed by atoms with Gasteiger partial charge in [0.25, 0.3) is 5.92 Å². The molecule has 3 heterocycles. The summed E-state index contributed by atoms with van der Waals surface area (Å²) < 4.78 is 62.1. The zero-order valence-electron chi connectivity index (χ0n) is 21.5. The van der Waals surface area contributed by atoms with Crippen LogP contribution in [0.5, 0.6) is 0 Å². The maximum atomic E-state index is 14.3. The number of carbonyl (C=O) groups excluding carboxylic acids is 1. The summed E-state index contributed by atoms with van der Waals surface area (Å²) in [7, 11) is -2.00. The summed E-state index contributed by atoms with van der Waals surface area (Å²) in [6.07, 6.45) is 0.550. The van der Waals surface area contributed by atoms with E-state index in [-0.39, 0.29) is 35.6 Å². The van der Waals surface area contributed by atoms with Gasteiger partial charge >= 0.3 is 0 Å². The topological polar surface area (TPSA) is 73.4 Å². The van der Waals surface area contributed by atoms with Crippen LogP contribution in [-0.2, 0) is 19.6 Å². The molecule has 12 heteroatoms. The molecule has 1 atom stereocenters. The van der Waals surface area contributed by atoms with E-state index < -0.39 is 34.8 Å². The number of benzene rings is 1. The largest absolute Gasteiger partial charge is 0.370 e. The molecule has 3 fully saturated rings. The smallest absolute Gasteiger partial charge is 0.251 e. The van der Waals surface area contributed by atoms with Crippen molar-refractivity contribution in [2.24, 2.45) is 0 Å². The second kappa shape index (κ2) is 11.8. The Morgan fingerprint density at radius 2 is 1.78 bits per heavy atom. The third-order valence-corrected chi connectivity index (χ3v) is 10.4. The second-order valence-electron chi connectivity index (χ2n) is 10.4. The molecule has 0 aliphatic carbocycles. The summed E-state index contributed by atoms with van der Waals surface area (Å²) >= 11 is 6.19. The lowest BCUT2D eigenvalue weighted by atomic mass is 10.0. The molecule has 0 aromatic heterocycles. The van der Waals surface area contributed by atoms with Crippen LogP contribution in [0.25, 0.3) is 0 Å². The van der Waals surface area contributed by atoms with Crippen molar-refractivity contribution >= 4 is 27.5 Å². The highest BCUT2D eigenvalue weighted by Gasteiger charge is 2.46. The SMILES string of the molecule is Cc1cccc(Cl)c1S(=O)(=O)N1CCC(F)(F)C[C@H]1COCC(=O)N1CCC(N2CCN(C)CC2)CC1. The molecule has 37 heavy (non-hydrogen) atoms. The minimum atomic E-state index is -4.13. The summed E-state index contributed by atoms with van der Waals surface area (Å²) in [5, 5.41) is 0.0483. The van der Waals surface area contributed by atoms with Gasteiger partial charge in [-0.05, 0) is 38.4 Å². The zero-order chi connectivity index (χ0) is 26.8. The van der Waals surface area contributed by atoms with Crippen molar-refractivity contribution in [1.82, 2.24) is 19.0 Å². The van der Waals surface area contributed by atoms with Gasteiger partial charge in [0.1, 0.15) is 11.5 Å². The lowest BCUT2D eigenvalue weighted by Gasteiger charge is -2.42. The number of likely N-dealkylation sites (tertiary alicyclic amines) is 1. The van der Waals surface area contributed by atoms with Crippen molar-refractivity contribution in [1.29, 1.82) is 0 Å². The van der Waals surface area contributed by atoms with Crippen molar-refractivity contribution in [3.63, 3.8) is 0 Å². The number of rotatable bonds is 7. The Kier molecular flexibility index (Phi) is 9.13. The number of sulfonamides is 1. The molecule has 1 aromatic carbocycles. The first-order valence-corrected chi connectivity index (χ1v) is 14.7. The molecule has 8 nitrogen and oxygen atoms in total. The van der Waals surface area contributed by atoms with Gasteiger partial charge in [0, 0.05) is 64.7 Å². The lowest BCUT2D eigenvalue weighted by molar-refractivity contribution is -0.139. The van der Waals surface area contributed by atoms with Gasteiger partial charge in [0.15, 0.2) is 0 Å². The Morgan fingerprint density at radius 1 is 1.11 bits per heavy atom. The Balaban J connectivity index is 1.33. The van der Waals surface area contributed by atoms with E-state index >= 15 is 0 Å². The van der Waals surface area contributed by atoms with Crippen molar-refractivity contribution in [2.45, 2.75) is 55.5 Å². The molecular weight excluding hydrogens is 526 g/mol. The van der Waals surface area contributed by atoms with Crippen LogP contribution >= 0.6 is 11.6 Å². The Labute approximate surface area is 223 Å². The number of likely N-dealkylation sites (N-methyl/N-ethyl adjacent to an activating group) is 1. The van der Waals surface area contributed by atoms with Gasteiger partial charge < -0.3 is 14.5 Å². The number of ether oxygens (including phenoxy) is 1. The normalized spacial score (nSPS) is 24.9. The number of hydrogen-bond acceptors (Lipinski definition) is 6. The summed E-state index contributed by atoms with van der Waals surface area (Å²) in [5.41, 5.74) is 0.444. The van der Waals surface area contributed by atoms with Crippen LogP contribution in [0.3, 0.4) is 0 Å². The fourth-order valence-electron chi connectivity index (χ4n) is 5.57. The van der Waals surface area contributed by atoms with Crippen LogP contribution in [0.4, 0.5) is 8.78 Å². The first-order valence-electron chi connectivity index (χ1n) is 12.9. The van der Waals surface area contributed by atoms with Gasteiger partial charge in [-0.25, -0.2) is 17.2 Å². The Morgan fingerprint density at radius 3 is 2.43 bits per heavy atom. The standard InChI is InChI=1S/C25H37ClF2N4O4S/c1-19-4-3-5-22(26)24(19)37(34,35)32-11-8-25(27,28)16-21(32)17-36-18-23(33)31-9-6-20(7-10-31)30-14-12-29(2)13-15-30/h3-5,20-21H,6-18H2,1-2H3/t21-/m0/s1. The third-order valence-electron chi connectivity index (χ3n) is 7.78. The van der Waals surface area contributed by atoms with Crippen molar-refractivity contribution in [3.05, 3.63) is 28.8 Å². The minimum Gasteiger partial charge on any atom is -0.370 e. The number of amides is 1. The fourth-order valence-corrected chi connectivity index (χ4v) is 7.96. The van der Waals surface area contributed by atoms with Crippen molar-refractivity contribution < 1.29 is 26.7 Å². The monoisotopic (exact) mass is 562 g/mol. The third kappa shape index (κ3) is 6.80. The van der Waals surface area contributed by atoms with Crippen LogP contribution in [0, 0.1) is 6.92 Å². The van der Waals surface area contributed by atoms with E-state index in [9.17, 15) is 22.0 Å². The Bertz CT molecular complexity index is 1040. The molecule has 0 spiro atoms. The number of halogens is 3. The quantitative estimate of drug-likeness (QED) is 0.509. The van der Waals surface area contributed by atoms with Crippen molar-refractivity contribution in [2.75, 3.05) is 66.1 Å². The van der Waals surface area contributed by atoms with Gasteiger partial charge in [-0.1, -0.05) is 23.7 Å². The molecule has 3 aliphatic heterocycles. The van der Waals surface area contributed by atoms with E-state index in [1.165, 1.54) is 6.07 Å². The van der Waals surface area contributed by atoms with Crippen LogP contribution in [0.15, 0.2) is 23.1 Å². The molecule has 0 bridgehead atoms. The highest BCUT2D eigenvalue weighted by Crippen LogP contribution is 2.37. The average molecular weight is 563 g/mol. The number of carbonyl (C=O) groups is 1. The molecular formula is C25H37ClF2N4O4S. The molecule has 4 rings (SSSR count). The highest BCUT2D eigenvalue weighted by atomic mass is 35.5. The number of piperazine rings is 1. The molecule has 1 amide bonds. The minimum absolute atomic E-state index is 0.0483. The fraction of sp³-hybridized carbons (Fsp3) is 0.720. The van der Waals surface area contributed by atoms with Crippen LogP contribution in [-0.4, -0.2) is 117 Å². The van der Waals surface area contributed by atoms with E-state index in [0.717, 1.165) is 43.3 Å². The molecule has 0 N–H and O–H groups in total. The van der Waals surface area contributed by atoms with Gasteiger partial charge in [0.2, 0.25) is 15.9 Å². The van der Waals surface area contributed by atoms with Crippen LogP contribution in [0.2, 0.25) is 5.02 Å².